The van der Waals surface area contributed by atoms with Crippen molar-refractivity contribution in [2.75, 3.05) is 29.9 Å². The number of hydrogen-bond donors (Lipinski definition) is 1. The van der Waals surface area contributed by atoms with Gasteiger partial charge in [-0.05, 0) is 38.2 Å². The molecule has 1 spiro atoms. The van der Waals surface area contributed by atoms with Gasteiger partial charge in [0.15, 0.2) is 11.3 Å². The Morgan fingerprint density at radius 1 is 1.20 bits per heavy atom. The molecule has 0 atom stereocenters. The largest absolute Gasteiger partial charge is 0.371 e. The number of halogens is 2. The van der Waals surface area contributed by atoms with E-state index in [2.05, 4.69) is 20.4 Å². The van der Waals surface area contributed by atoms with Crippen LogP contribution in [0, 0.1) is 0 Å². The van der Waals surface area contributed by atoms with Crippen LogP contribution in [0.2, 0.25) is 0 Å². The summed E-state index contributed by atoms with van der Waals surface area (Å²) in [5, 5.41) is 11.0. The quantitative estimate of drug-likeness (QED) is 0.577. The Morgan fingerprint density at radius 2 is 2.03 bits per heavy atom. The van der Waals surface area contributed by atoms with Crippen molar-refractivity contribution < 1.29 is 18.3 Å². The number of nitrogens with one attached hydrogen (secondary N) is 1. The summed E-state index contributed by atoms with van der Waals surface area (Å²) in [5.74, 6) is 0.215. The van der Waals surface area contributed by atoms with Gasteiger partial charge in [-0.1, -0.05) is 19.3 Å². The zero-order valence-electron chi connectivity index (χ0n) is 19.5. The Hall–Kier alpha value is -3.08. The lowest BCUT2D eigenvalue weighted by Crippen LogP contribution is -2.56. The second-order valence-electron chi connectivity index (χ2n) is 9.87. The summed E-state index contributed by atoms with van der Waals surface area (Å²) in [5.41, 5.74) is 0.146. The fourth-order valence-electron chi connectivity index (χ4n) is 5.49. The number of morpholine rings is 1. The molecule has 0 unspecified atom stereocenters. The number of carbonyl (C=O) groups excluding carboxylic acids is 1. The van der Waals surface area contributed by atoms with E-state index in [9.17, 15) is 13.6 Å². The van der Waals surface area contributed by atoms with Gasteiger partial charge in [-0.2, -0.15) is 10.2 Å². The van der Waals surface area contributed by atoms with Crippen molar-refractivity contribution in [3.05, 3.63) is 35.9 Å². The molecular formula is C24H29F2N7O2. The molecule has 3 aromatic rings. The van der Waals surface area contributed by atoms with Crippen LogP contribution in [0.5, 0.6) is 0 Å². The molecule has 3 aromatic heterocycles. The number of alkyl halides is 2. The summed E-state index contributed by atoms with van der Waals surface area (Å²) >= 11 is 0. The monoisotopic (exact) mass is 485 g/mol. The van der Waals surface area contributed by atoms with Gasteiger partial charge >= 0.3 is 0 Å². The third-order valence-electron chi connectivity index (χ3n) is 7.60. The fourth-order valence-corrected chi connectivity index (χ4v) is 5.49. The molecule has 0 aromatic carbocycles. The minimum Gasteiger partial charge on any atom is -0.371 e. The predicted octanol–water partition coefficient (Wildman–Crippen LogP) is 4.38. The number of fused-ring (bicyclic) bond motifs is 1. The van der Waals surface area contributed by atoms with Crippen LogP contribution < -0.4 is 10.2 Å². The summed E-state index contributed by atoms with van der Waals surface area (Å²) in [6.45, 7) is 2.13. The smallest absolute Gasteiger partial charge is 0.284 e. The average molecular weight is 486 g/mol. The highest BCUT2D eigenvalue weighted by Gasteiger charge is 2.42. The highest BCUT2D eigenvalue weighted by atomic mass is 19.3. The van der Waals surface area contributed by atoms with Gasteiger partial charge in [-0.25, -0.2) is 18.3 Å². The minimum atomic E-state index is -2.79. The fraction of sp³-hybridized carbons (Fsp3) is 0.583. The zero-order chi connectivity index (χ0) is 24.0. The maximum atomic E-state index is 13.7. The lowest BCUT2D eigenvalue weighted by molar-refractivity contribution is -0.106. The van der Waals surface area contributed by atoms with Gasteiger partial charge in [0, 0.05) is 25.5 Å². The van der Waals surface area contributed by atoms with Crippen molar-refractivity contribution in [3.8, 4) is 0 Å². The number of rotatable bonds is 5. The Balaban J connectivity index is 1.25. The van der Waals surface area contributed by atoms with Crippen LogP contribution >= 0.6 is 0 Å². The Labute approximate surface area is 201 Å². The van der Waals surface area contributed by atoms with Gasteiger partial charge in [0.2, 0.25) is 0 Å². The third-order valence-corrected chi connectivity index (χ3v) is 7.60. The molecule has 1 aliphatic heterocycles. The van der Waals surface area contributed by atoms with Gasteiger partial charge in [-0.15, -0.1) is 0 Å². The molecule has 11 heteroatoms. The Bertz CT molecular complexity index is 1230. The molecule has 1 saturated heterocycles. The van der Waals surface area contributed by atoms with E-state index in [1.807, 2.05) is 6.07 Å². The summed E-state index contributed by atoms with van der Waals surface area (Å²) in [7, 11) is 0. The van der Waals surface area contributed by atoms with E-state index in [1.165, 1.54) is 23.3 Å². The lowest BCUT2D eigenvalue weighted by atomic mass is 9.79. The van der Waals surface area contributed by atoms with E-state index in [0.717, 1.165) is 63.9 Å². The Kier molecular flexibility index (Phi) is 5.66. The van der Waals surface area contributed by atoms with Gasteiger partial charge in [0.25, 0.3) is 12.3 Å². The molecule has 6 rings (SSSR count). The van der Waals surface area contributed by atoms with Crippen molar-refractivity contribution in [2.24, 2.45) is 0 Å². The SMILES string of the molecule is O=C(Nc1cn(C2CCCCC2)nc1C(F)F)c1cnn2ccc(N3CCOC4(CCC4)C3)nc12. The average Bonchev–Trinajstić information content (AvgIpc) is 3.48. The zero-order valence-corrected chi connectivity index (χ0v) is 19.5. The van der Waals surface area contributed by atoms with Crippen LogP contribution in [0.15, 0.2) is 24.7 Å². The predicted molar refractivity (Wildman–Crippen MR) is 125 cm³/mol. The van der Waals surface area contributed by atoms with Gasteiger partial charge in [0.1, 0.15) is 11.4 Å². The van der Waals surface area contributed by atoms with Gasteiger partial charge in [0.05, 0.1) is 30.1 Å². The van der Waals surface area contributed by atoms with E-state index < -0.39 is 18.0 Å². The molecular weight excluding hydrogens is 456 g/mol. The first-order chi connectivity index (χ1) is 17.0. The Morgan fingerprint density at radius 3 is 2.77 bits per heavy atom. The van der Waals surface area contributed by atoms with Gasteiger partial charge < -0.3 is 15.0 Å². The summed E-state index contributed by atoms with van der Waals surface area (Å²) in [6, 6.07) is 1.96. The first-order valence-corrected chi connectivity index (χ1v) is 12.4. The van der Waals surface area contributed by atoms with Crippen LogP contribution in [-0.2, 0) is 4.74 Å². The molecule has 1 N–H and O–H groups in total. The van der Waals surface area contributed by atoms with Crippen molar-refractivity contribution in [1.29, 1.82) is 0 Å². The normalized spacial score (nSPS) is 20.5. The van der Waals surface area contributed by atoms with Crippen LogP contribution in [0.25, 0.3) is 5.65 Å². The standard InChI is InChI=1S/C24H29F2N7O2/c25-21(26)20-18(14-33(30-20)16-5-2-1-3-6-16)28-23(34)17-13-27-32-10-7-19(29-22(17)32)31-11-12-35-24(15-31)8-4-9-24/h7,10,13-14,16,21H,1-6,8-9,11-12,15H2,(H,28,34). The molecule has 35 heavy (non-hydrogen) atoms. The number of anilines is 2. The number of aromatic nitrogens is 5. The summed E-state index contributed by atoms with van der Waals surface area (Å²) < 4.78 is 36.6. The lowest BCUT2D eigenvalue weighted by Gasteiger charge is -2.48. The second-order valence-corrected chi connectivity index (χ2v) is 9.87. The van der Waals surface area contributed by atoms with Crippen molar-refractivity contribution in [1.82, 2.24) is 24.4 Å². The van der Waals surface area contributed by atoms with Crippen LogP contribution in [-0.4, -0.2) is 55.6 Å². The van der Waals surface area contributed by atoms with Crippen LogP contribution in [0.3, 0.4) is 0 Å². The molecule has 0 bridgehead atoms. The molecule has 186 valence electrons. The van der Waals surface area contributed by atoms with Crippen molar-refractivity contribution in [3.63, 3.8) is 0 Å². The maximum Gasteiger partial charge on any atom is 0.284 e. The maximum absolute atomic E-state index is 13.7. The number of hydrogen-bond acceptors (Lipinski definition) is 6. The van der Waals surface area contributed by atoms with E-state index >= 15 is 0 Å². The molecule has 2 aliphatic carbocycles. The first kappa shape index (κ1) is 22.4. The van der Waals surface area contributed by atoms with Crippen molar-refractivity contribution in [2.45, 2.75) is 69.4 Å². The molecule has 3 fully saturated rings. The number of ether oxygens (including phenoxy) is 1. The van der Waals surface area contributed by atoms with Crippen LogP contribution in [0.1, 0.15) is 79.9 Å². The highest BCUT2D eigenvalue weighted by Crippen LogP contribution is 2.39. The van der Waals surface area contributed by atoms with E-state index in [0.29, 0.717) is 12.3 Å². The highest BCUT2D eigenvalue weighted by molar-refractivity contribution is 6.08. The molecule has 3 aliphatic rings. The molecule has 9 nitrogen and oxygen atoms in total. The first-order valence-electron chi connectivity index (χ1n) is 12.4. The second kappa shape index (κ2) is 8.85. The minimum absolute atomic E-state index is 0.0335. The number of carbonyl (C=O) groups is 1. The molecule has 1 amide bonds. The number of nitrogens with zero attached hydrogens (tertiary/aromatic N) is 6. The van der Waals surface area contributed by atoms with Gasteiger partial charge in [-0.3, -0.25) is 9.48 Å². The molecule has 2 saturated carbocycles. The number of amides is 1. The summed E-state index contributed by atoms with van der Waals surface area (Å²) in [4.78, 5) is 20.1. The third kappa shape index (κ3) is 4.15. The molecule has 4 heterocycles. The van der Waals surface area contributed by atoms with E-state index in [-0.39, 0.29) is 22.9 Å². The van der Waals surface area contributed by atoms with E-state index in [1.54, 1.807) is 10.9 Å². The van der Waals surface area contributed by atoms with Crippen molar-refractivity contribution >= 4 is 23.1 Å². The van der Waals surface area contributed by atoms with E-state index in [4.69, 9.17) is 9.72 Å². The topological polar surface area (TPSA) is 89.6 Å². The summed E-state index contributed by atoms with van der Waals surface area (Å²) in [6.07, 6.45) is 10.3. The molecule has 0 radical (unpaired) electrons. The van der Waals surface area contributed by atoms with Crippen LogP contribution in [0.4, 0.5) is 20.3 Å².